The van der Waals surface area contributed by atoms with Gasteiger partial charge in [-0.1, -0.05) is 18.2 Å². The average Bonchev–Trinajstić information content (AvgIpc) is 2.55. The van der Waals surface area contributed by atoms with Gasteiger partial charge < -0.3 is 4.74 Å². The Hall–Kier alpha value is -2.36. The van der Waals surface area contributed by atoms with Gasteiger partial charge in [-0.3, -0.25) is 0 Å². The third-order valence-corrected chi connectivity index (χ3v) is 4.60. The van der Waals surface area contributed by atoms with Crippen molar-refractivity contribution in [3.8, 4) is 11.8 Å². The Balaban J connectivity index is 1.98. The average molecular weight is 316 g/mol. The lowest BCUT2D eigenvalue weighted by atomic mass is 10.1. The monoisotopic (exact) mass is 316 g/mol. The van der Waals surface area contributed by atoms with E-state index >= 15 is 0 Å². The molecule has 22 heavy (non-hydrogen) atoms. The van der Waals surface area contributed by atoms with Crippen LogP contribution in [0.1, 0.15) is 11.1 Å². The lowest BCUT2D eigenvalue weighted by Gasteiger charge is -2.07. The van der Waals surface area contributed by atoms with Crippen LogP contribution in [0.2, 0.25) is 0 Å². The van der Waals surface area contributed by atoms with Crippen LogP contribution in [-0.2, 0) is 16.4 Å². The summed E-state index contributed by atoms with van der Waals surface area (Å²) in [7, 11) is -2.01. The first-order valence-corrected chi connectivity index (χ1v) is 8.16. The summed E-state index contributed by atoms with van der Waals surface area (Å²) in [6.45, 7) is 0.283. The summed E-state index contributed by atoms with van der Waals surface area (Å²) in [5, 5.41) is 8.82. The van der Waals surface area contributed by atoms with Crippen LogP contribution in [0.3, 0.4) is 0 Å². The quantitative estimate of drug-likeness (QED) is 0.885. The van der Waals surface area contributed by atoms with Crippen molar-refractivity contribution >= 4 is 10.0 Å². The molecule has 2 aromatic carbocycles. The van der Waals surface area contributed by atoms with Crippen LogP contribution in [0, 0.1) is 11.3 Å². The van der Waals surface area contributed by atoms with E-state index in [0.29, 0.717) is 12.0 Å². The Bertz CT molecular complexity index is 778. The van der Waals surface area contributed by atoms with Crippen LogP contribution >= 0.6 is 0 Å². The van der Waals surface area contributed by atoms with Gasteiger partial charge in [-0.15, -0.1) is 0 Å². The maximum absolute atomic E-state index is 12.2. The standard InChI is InChI=1S/C16H16N2O3S/c1-21-15-7-5-13(6-8-15)9-10-18-22(19,20)16-4-2-3-14(11-16)12-17/h2-8,11,18H,9-10H2,1H3. The fraction of sp³-hybridized carbons (Fsp3) is 0.188. The summed E-state index contributed by atoms with van der Waals surface area (Å²) in [6, 6.07) is 15.3. The zero-order chi connectivity index (χ0) is 16.0. The van der Waals surface area contributed by atoms with E-state index in [1.54, 1.807) is 19.2 Å². The molecule has 0 spiro atoms. The fourth-order valence-electron chi connectivity index (χ4n) is 1.94. The molecule has 0 heterocycles. The van der Waals surface area contributed by atoms with Gasteiger partial charge >= 0.3 is 0 Å². The van der Waals surface area contributed by atoms with Gasteiger partial charge in [-0.2, -0.15) is 5.26 Å². The highest BCUT2D eigenvalue weighted by Crippen LogP contribution is 2.13. The van der Waals surface area contributed by atoms with Crippen LogP contribution in [0.25, 0.3) is 0 Å². The third kappa shape index (κ3) is 4.07. The van der Waals surface area contributed by atoms with Crippen molar-refractivity contribution in [2.24, 2.45) is 0 Å². The number of sulfonamides is 1. The summed E-state index contributed by atoms with van der Waals surface area (Å²) in [6.07, 6.45) is 0.571. The first kappa shape index (κ1) is 16.0. The second-order valence-corrected chi connectivity index (χ2v) is 6.40. The van der Waals surface area contributed by atoms with E-state index in [4.69, 9.17) is 10.00 Å². The predicted octanol–water partition coefficient (Wildman–Crippen LogP) is 2.09. The second-order valence-electron chi connectivity index (χ2n) is 4.64. The number of hydrogen-bond donors (Lipinski definition) is 1. The summed E-state index contributed by atoms with van der Waals surface area (Å²) >= 11 is 0. The van der Waals surface area contributed by atoms with Gasteiger partial charge in [0.15, 0.2) is 0 Å². The van der Waals surface area contributed by atoms with Crippen LogP contribution < -0.4 is 9.46 Å². The van der Waals surface area contributed by atoms with E-state index in [1.165, 1.54) is 12.1 Å². The van der Waals surface area contributed by atoms with Crippen molar-refractivity contribution in [2.75, 3.05) is 13.7 Å². The maximum Gasteiger partial charge on any atom is 0.240 e. The van der Waals surface area contributed by atoms with Gasteiger partial charge in [-0.05, 0) is 42.3 Å². The van der Waals surface area contributed by atoms with Gasteiger partial charge in [0.25, 0.3) is 0 Å². The molecule has 114 valence electrons. The Morgan fingerprint density at radius 3 is 2.55 bits per heavy atom. The van der Waals surface area contributed by atoms with E-state index in [0.717, 1.165) is 11.3 Å². The summed E-state index contributed by atoms with van der Waals surface area (Å²) in [5.74, 6) is 0.762. The first-order valence-electron chi connectivity index (χ1n) is 6.68. The van der Waals surface area contributed by atoms with Crippen molar-refractivity contribution < 1.29 is 13.2 Å². The van der Waals surface area contributed by atoms with Gasteiger partial charge in [0.2, 0.25) is 10.0 Å². The maximum atomic E-state index is 12.2. The number of methoxy groups -OCH3 is 1. The number of ether oxygens (including phenoxy) is 1. The van der Waals surface area contributed by atoms with Gasteiger partial charge in [0.1, 0.15) is 5.75 Å². The highest BCUT2D eigenvalue weighted by molar-refractivity contribution is 7.89. The molecule has 0 amide bonds. The van der Waals surface area contributed by atoms with E-state index in [2.05, 4.69) is 4.72 Å². The van der Waals surface area contributed by atoms with E-state index in [-0.39, 0.29) is 11.4 Å². The molecule has 0 saturated carbocycles. The lowest BCUT2D eigenvalue weighted by molar-refractivity contribution is 0.414. The second kappa shape index (κ2) is 7.07. The van der Waals surface area contributed by atoms with Crippen molar-refractivity contribution in [3.63, 3.8) is 0 Å². The molecule has 5 nitrogen and oxygen atoms in total. The van der Waals surface area contributed by atoms with Crippen LogP contribution in [0.5, 0.6) is 5.75 Å². The molecular weight excluding hydrogens is 300 g/mol. The van der Waals surface area contributed by atoms with E-state index in [1.807, 2.05) is 30.3 Å². The molecule has 0 aliphatic carbocycles. The van der Waals surface area contributed by atoms with E-state index < -0.39 is 10.0 Å². The minimum absolute atomic E-state index is 0.0984. The smallest absolute Gasteiger partial charge is 0.240 e. The summed E-state index contributed by atoms with van der Waals surface area (Å²) in [4.78, 5) is 0.0984. The molecule has 0 aliphatic rings. The molecule has 2 aromatic rings. The van der Waals surface area contributed by atoms with Gasteiger partial charge in [-0.25, -0.2) is 13.1 Å². The highest BCUT2D eigenvalue weighted by Gasteiger charge is 2.13. The molecule has 0 unspecified atom stereocenters. The Morgan fingerprint density at radius 1 is 1.18 bits per heavy atom. The minimum Gasteiger partial charge on any atom is -0.497 e. The molecule has 1 N–H and O–H groups in total. The zero-order valence-electron chi connectivity index (χ0n) is 12.1. The predicted molar refractivity (Wildman–Crippen MR) is 83.0 cm³/mol. The highest BCUT2D eigenvalue weighted by atomic mass is 32.2. The van der Waals surface area contributed by atoms with E-state index in [9.17, 15) is 8.42 Å². The molecule has 0 aliphatic heterocycles. The van der Waals surface area contributed by atoms with Gasteiger partial charge in [0.05, 0.1) is 23.6 Å². The van der Waals surface area contributed by atoms with Crippen LogP contribution in [-0.4, -0.2) is 22.1 Å². The molecule has 6 heteroatoms. The number of nitrogens with zero attached hydrogens (tertiary/aromatic N) is 1. The zero-order valence-corrected chi connectivity index (χ0v) is 12.9. The molecular formula is C16H16N2O3S. The number of benzene rings is 2. The Kier molecular flexibility index (Phi) is 5.15. The summed E-state index contributed by atoms with van der Waals surface area (Å²) in [5.41, 5.74) is 1.33. The van der Waals surface area contributed by atoms with Gasteiger partial charge in [0, 0.05) is 6.54 Å². The number of hydrogen-bond acceptors (Lipinski definition) is 4. The first-order chi connectivity index (χ1) is 10.5. The molecule has 2 rings (SSSR count). The number of nitrogens with one attached hydrogen (secondary N) is 1. The molecule has 0 atom stereocenters. The van der Waals surface area contributed by atoms with Crippen molar-refractivity contribution in [3.05, 3.63) is 59.7 Å². The Labute approximate surface area is 130 Å². The summed E-state index contributed by atoms with van der Waals surface area (Å²) < 4.78 is 31.9. The molecule has 0 saturated heterocycles. The Morgan fingerprint density at radius 2 is 1.91 bits per heavy atom. The van der Waals surface area contributed by atoms with Crippen LogP contribution in [0.4, 0.5) is 0 Å². The number of nitriles is 1. The van der Waals surface area contributed by atoms with Crippen molar-refractivity contribution in [1.82, 2.24) is 4.72 Å². The molecule has 0 bridgehead atoms. The third-order valence-electron chi connectivity index (χ3n) is 3.14. The lowest BCUT2D eigenvalue weighted by Crippen LogP contribution is -2.26. The molecule has 0 fully saturated rings. The van der Waals surface area contributed by atoms with Crippen molar-refractivity contribution in [2.45, 2.75) is 11.3 Å². The molecule has 0 radical (unpaired) electrons. The van der Waals surface area contributed by atoms with Crippen LogP contribution in [0.15, 0.2) is 53.4 Å². The molecule has 0 aromatic heterocycles. The fourth-order valence-corrected chi connectivity index (χ4v) is 3.02. The topological polar surface area (TPSA) is 79.2 Å². The largest absolute Gasteiger partial charge is 0.497 e. The van der Waals surface area contributed by atoms with Crippen molar-refractivity contribution in [1.29, 1.82) is 5.26 Å². The number of rotatable bonds is 6. The normalized spacial score (nSPS) is 10.9. The minimum atomic E-state index is -3.60. The SMILES string of the molecule is COc1ccc(CCNS(=O)(=O)c2cccc(C#N)c2)cc1.